The molecule has 5 heteroatoms. The Kier molecular flexibility index (Phi) is 6.72. The fraction of sp³-hybridized carbons (Fsp3) is 0.0238. The highest BCUT2D eigenvalue weighted by atomic mass is 14.8. The number of para-hydroxylation sites is 1. The van der Waals surface area contributed by atoms with Crippen LogP contribution in [0, 0.1) is 24.8 Å². The summed E-state index contributed by atoms with van der Waals surface area (Å²) in [6.07, 6.45) is 0. The van der Waals surface area contributed by atoms with E-state index < -0.39 is 0 Å². The third kappa shape index (κ3) is 4.84. The quantitative estimate of drug-likeness (QED) is 0.149. The fourth-order valence-corrected chi connectivity index (χ4v) is 6.41. The lowest BCUT2D eigenvalue weighted by molar-refractivity contribution is 1.29. The van der Waals surface area contributed by atoms with Gasteiger partial charge in [-0.2, -0.15) is 5.26 Å². The summed E-state index contributed by atoms with van der Waals surface area (Å²) in [6, 6.07) is 46.4. The Hall–Kier alpha value is -6.69. The first-order chi connectivity index (χ1) is 23.1. The highest BCUT2D eigenvalue weighted by Gasteiger charge is 2.20. The number of hydrogen-bond donors (Lipinski definition) is 0. The molecule has 0 aliphatic rings. The topological polar surface area (TPSA) is 66.8 Å². The van der Waals surface area contributed by atoms with Gasteiger partial charge in [-0.15, -0.1) is 0 Å². The highest BCUT2D eigenvalue weighted by molar-refractivity contribution is 6.22. The van der Waals surface area contributed by atoms with Crippen LogP contribution >= 0.6 is 0 Å². The second-order valence-electron chi connectivity index (χ2n) is 11.5. The van der Waals surface area contributed by atoms with Crippen molar-refractivity contribution in [2.24, 2.45) is 0 Å². The van der Waals surface area contributed by atoms with E-state index in [0.717, 1.165) is 83.2 Å². The largest absolute Gasteiger partial charge is 0.247 e. The molecule has 0 atom stereocenters. The Morgan fingerprint density at radius 3 is 1.91 bits per heavy atom. The van der Waals surface area contributed by atoms with Crippen molar-refractivity contribution in [2.75, 3.05) is 0 Å². The molecule has 0 spiro atoms. The number of hydrogen-bond acceptors (Lipinski definition) is 4. The first kappa shape index (κ1) is 27.8. The van der Waals surface area contributed by atoms with E-state index in [1.807, 2.05) is 78.9 Å². The molecule has 0 N–H and O–H groups in total. The lowest BCUT2D eigenvalue weighted by Gasteiger charge is -2.17. The van der Waals surface area contributed by atoms with Crippen LogP contribution in [0.4, 0.5) is 5.69 Å². The first-order valence-electron chi connectivity index (χ1n) is 15.3. The van der Waals surface area contributed by atoms with Gasteiger partial charge in [0.15, 0.2) is 5.69 Å². The zero-order chi connectivity index (χ0) is 31.9. The summed E-state index contributed by atoms with van der Waals surface area (Å²) in [5.41, 5.74) is 11.6. The van der Waals surface area contributed by atoms with Crippen LogP contribution in [0.25, 0.3) is 82.5 Å². The van der Waals surface area contributed by atoms with Crippen molar-refractivity contribution in [1.29, 1.82) is 5.26 Å². The number of pyridine rings is 1. The van der Waals surface area contributed by atoms with Crippen LogP contribution < -0.4 is 0 Å². The van der Waals surface area contributed by atoms with Gasteiger partial charge in [-0.3, -0.25) is 0 Å². The molecular formula is C42H25N5. The summed E-state index contributed by atoms with van der Waals surface area (Å²) in [7, 11) is 0. The number of aromatic nitrogens is 3. The third-order valence-electron chi connectivity index (χ3n) is 8.54. The van der Waals surface area contributed by atoms with E-state index in [0.29, 0.717) is 11.3 Å². The molecule has 0 saturated heterocycles. The van der Waals surface area contributed by atoms with Crippen LogP contribution in [-0.2, 0) is 0 Å². The number of nitriles is 1. The molecule has 8 aromatic rings. The van der Waals surface area contributed by atoms with E-state index in [-0.39, 0.29) is 0 Å². The van der Waals surface area contributed by atoms with Crippen molar-refractivity contribution in [3.8, 4) is 51.0 Å². The van der Waals surface area contributed by atoms with Gasteiger partial charge in [-0.25, -0.2) is 19.8 Å². The molecule has 218 valence electrons. The predicted molar refractivity (Wildman–Crippen MR) is 190 cm³/mol. The zero-order valence-electron chi connectivity index (χ0n) is 25.4. The average Bonchev–Trinajstić information content (AvgIpc) is 3.14. The van der Waals surface area contributed by atoms with Gasteiger partial charge >= 0.3 is 0 Å². The summed E-state index contributed by atoms with van der Waals surface area (Å²) in [5, 5.41) is 12.6. The normalized spacial score (nSPS) is 11.0. The zero-order valence-corrected chi connectivity index (χ0v) is 25.4. The Labute approximate surface area is 271 Å². The molecule has 0 fully saturated rings. The lowest BCUT2D eigenvalue weighted by Crippen LogP contribution is -1.99. The van der Waals surface area contributed by atoms with Gasteiger partial charge in [-0.05, 0) is 60.0 Å². The molecule has 2 aromatic heterocycles. The summed E-state index contributed by atoms with van der Waals surface area (Å²) >= 11 is 0. The molecule has 0 bridgehead atoms. The predicted octanol–water partition coefficient (Wildman–Crippen LogP) is 10.7. The maximum atomic E-state index is 9.60. The second kappa shape index (κ2) is 11.3. The summed E-state index contributed by atoms with van der Waals surface area (Å²) < 4.78 is 0. The van der Waals surface area contributed by atoms with Crippen molar-refractivity contribution in [3.63, 3.8) is 0 Å². The molecule has 0 saturated carbocycles. The van der Waals surface area contributed by atoms with E-state index in [2.05, 4.69) is 66.4 Å². The molecule has 6 aromatic carbocycles. The van der Waals surface area contributed by atoms with E-state index in [1.165, 1.54) is 0 Å². The Bertz CT molecular complexity index is 2560. The van der Waals surface area contributed by atoms with Gasteiger partial charge in [0.05, 0.1) is 46.3 Å². The second-order valence-corrected chi connectivity index (χ2v) is 11.5. The van der Waals surface area contributed by atoms with E-state index in [1.54, 1.807) is 6.07 Å². The fourth-order valence-electron chi connectivity index (χ4n) is 6.41. The third-order valence-corrected chi connectivity index (χ3v) is 8.54. The summed E-state index contributed by atoms with van der Waals surface area (Å²) in [4.78, 5) is 19.6. The van der Waals surface area contributed by atoms with Crippen LogP contribution in [0.5, 0.6) is 0 Å². The lowest BCUT2D eigenvalue weighted by atomic mass is 9.93. The molecule has 2 heterocycles. The number of fused-ring (bicyclic) bond motifs is 5. The van der Waals surface area contributed by atoms with Gasteiger partial charge in [0.25, 0.3) is 0 Å². The van der Waals surface area contributed by atoms with Crippen molar-refractivity contribution in [1.82, 2.24) is 15.0 Å². The molecule has 0 unspecified atom stereocenters. The Morgan fingerprint density at radius 1 is 0.553 bits per heavy atom. The van der Waals surface area contributed by atoms with Gasteiger partial charge in [-0.1, -0.05) is 97.1 Å². The molecule has 0 aliphatic heterocycles. The minimum Gasteiger partial charge on any atom is -0.247 e. The minimum atomic E-state index is 0.434. The van der Waals surface area contributed by atoms with Crippen LogP contribution in [0.3, 0.4) is 0 Å². The standard InChI is InChI=1S/C42H25N5/c1-26-20-36-42(47-41(29-14-7-4-8-15-29)40(46-36)28-12-5-3-6-13-28)38-34-18-9-10-19-35(34)45-39(37(26)38)31-17-11-16-30(23-31)32-21-27(25-43)22-33(24-32)44-2/h3-24H,1H3. The highest BCUT2D eigenvalue weighted by Crippen LogP contribution is 2.41. The summed E-state index contributed by atoms with van der Waals surface area (Å²) in [5.74, 6) is 0. The van der Waals surface area contributed by atoms with Crippen LogP contribution in [0.15, 0.2) is 133 Å². The molecular weight excluding hydrogens is 574 g/mol. The van der Waals surface area contributed by atoms with E-state index in [4.69, 9.17) is 21.5 Å². The van der Waals surface area contributed by atoms with Gasteiger partial charge in [0.2, 0.25) is 0 Å². The van der Waals surface area contributed by atoms with Crippen molar-refractivity contribution >= 4 is 38.4 Å². The summed E-state index contributed by atoms with van der Waals surface area (Å²) in [6.45, 7) is 9.64. The number of aryl methyl sites for hydroxylation is 1. The average molecular weight is 600 g/mol. The molecule has 0 radical (unpaired) electrons. The molecule has 0 amide bonds. The monoisotopic (exact) mass is 599 g/mol. The van der Waals surface area contributed by atoms with Gasteiger partial charge < -0.3 is 0 Å². The number of rotatable bonds is 4. The SMILES string of the molecule is [C-]#[N+]c1cc(C#N)cc(-c2cccc(-c3nc4ccccc4c4c3c(C)cc3nc(-c5ccccc5)c(-c5ccccc5)nc34)c2)c1. The van der Waals surface area contributed by atoms with Crippen LogP contribution in [-0.4, -0.2) is 15.0 Å². The molecule has 47 heavy (non-hydrogen) atoms. The Morgan fingerprint density at radius 2 is 1.19 bits per heavy atom. The van der Waals surface area contributed by atoms with Crippen LogP contribution in [0.1, 0.15) is 11.1 Å². The number of nitrogens with zero attached hydrogens (tertiary/aromatic N) is 5. The minimum absolute atomic E-state index is 0.434. The molecule has 5 nitrogen and oxygen atoms in total. The van der Waals surface area contributed by atoms with E-state index >= 15 is 0 Å². The molecule has 0 aliphatic carbocycles. The van der Waals surface area contributed by atoms with Crippen molar-refractivity contribution in [2.45, 2.75) is 6.92 Å². The number of benzene rings is 6. The smallest absolute Gasteiger partial charge is 0.189 e. The van der Waals surface area contributed by atoms with Gasteiger partial charge in [0.1, 0.15) is 0 Å². The maximum Gasteiger partial charge on any atom is 0.189 e. The van der Waals surface area contributed by atoms with E-state index in [9.17, 15) is 5.26 Å². The van der Waals surface area contributed by atoms with Crippen LogP contribution in [0.2, 0.25) is 0 Å². The molecule has 8 rings (SSSR count). The van der Waals surface area contributed by atoms with Gasteiger partial charge in [0, 0.05) is 38.4 Å². The maximum absolute atomic E-state index is 9.60. The first-order valence-corrected chi connectivity index (χ1v) is 15.3. The van der Waals surface area contributed by atoms with Crippen molar-refractivity contribution < 1.29 is 0 Å². The Balaban J connectivity index is 1.45. The van der Waals surface area contributed by atoms with Crippen molar-refractivity contribution in [3.05, 3.63) is 156 Å².